The average molecular weight is 430 g/mol. The third-order valence-electron chi connectivity index (χ3n) is 3.37. The van der Waals surface area contributed by atoms with E-state index in [4.69, 9.17) is 27.9 Å². The fraction of sp³-hybridized carbons (Fsp3) is 0.158. The first-order chi connectivity index (χ1) is 13.2. The van der Waals surface area contributed by atoms with E-state index in [-0.39, 0.29) is 10.8 Å². The number of hydrogen-bond donors (Lipinski definition) is 1. The largest absolute Gasteiger partial charge is 0.449 e. The minimum Gasteiger partial charge on any atom is -0.449 e. The van der Waals surface area contributed by atoms with Gasteiger partial charge >= 0.3 is 12.6 Å². The van der Waals surface area contributed by atoms with Crippen LogP contribution in [0.1, 0.15) is 12.5 Å². The average Bonchev–Trinajstić information content (AvgIpc) is 2.63. The van der Waals surface area contributed by atoms with Crippen molar-refractivity contribution in [3.63, 3.8) is 0 Å². The normalized spacial score (nSPS) is 12.1. The van der Waals surface area contributed by atoms with Crippen LogP contribution in [0.5, 0.6) is 5.75 Å². The summed E-state index contributed by atoms with van der Waals surface area (Å²) in [4.78, 5) is 24.0. The van der Waals surface area contributed by atoms with Gasteiger partial charge in [0.1, 0.15) is 5.75 Å². The highest BCUT2D eigenvalue weighted by Crippen LogP contribution is 2.25. The molecule has 148 valence electrons. The van der Waals surface area contributed by atoms with Crippen molar-refractivity contribution in [1.29, 1.82) is 0 Å². The number of rotatable bonds is 7. The number of benzene rings is 2. The minimum absolute atomic E-state index is 0.000815. The second-order valence-electron chi connectivity index (χ2n) is 5.47. The molecule has 0 saturated carbocycles. The topological polar surface area (TPSA) is 64.6 Å². The predicted octanol–water partition coefficient (Wildman–Crippen LogP) is 5.18. The smallest absolute Gasteiger partial charge is 0.387 e. The standard InChI is InChI=1S/C19H15Cl2F2NO4/c1-11(18(26)24-16-8-5-13(20)10-15(16)21)27-17(25)9-4-12-2-6-14(7-3-12)28-19(22)23/h2-11,19H,1H3,(H,24,26)/b9-4+. The molecule has 0 aliphatic rings. The van der Waals surface area contributed by atoms with E-state index in [9.17, 15) is 18.4 Å². The van der Waals surface area contributed by atoms with Crippen molar-refractivity contribution in [3.8, 4) is 5.75 Å². The van der Waals surface area contributed by atoms with E-state index in [1.165, 1.54) is 49.4 Å². The molecule has 0 saturated heterocycles. The van der Waals surface area contributed by atoms with E-state index < -0.39 is 24.6 Å². The number of carbonyl (C=O) groups is 2. The zero-order valence-corrected chi connectivity index (χ0v) is 16.0. The van der Waals surface area contributed by atoms with Gasteiger partial charge in [-0.1, -0.05) is 35.3 Å². The lowest BCUT2D eigenvalue weighted by atomic mass is 10.2. The lowest BCUT2D eigenvalue weighted by molar-refractivity contribution is -0.148. The molecule has 0 fully saturated rings. The second-order valence-corrected chi connectivity index (χ2v) is 6.32. The highest BCUT2D eigenvalue weighted by atomic mass is 35.5. The summed E-state index contributed by atoms with van der Waals surface area (Å²) in [6, 6.07) is 10.2. The number of alkyl halides is 2. The monoisotopic (exact) mass is 429 g/mol. The Morgan fingerprint density at radius 1 is 1.11 bits per heavy atom. The Kier molecular flexibility index (Phi) is 7.78. The third-order valence-corrected chi connectivity index (χ3v) is 3.92. The molecule has 9 heteroatoms. The molecule has 0 aliphatic heterocycles. The molecular formula is C19H15Cl2F2NO4. The van der Waals surface area contributed by atoms with Gasteiger partial charge in [0.2, 0.25) is 0 Å². The van der Waals surface area contributed by atoms with Crippen molar-refractivity contribution < 1.29 is 27.8 Å². The van der Waals surface area contributed by atoms with Crippen molar-refractivity contribution >= 4 is 46.8 Å². The molecule has 0 heterocycles. The number of carbonyl (C=O) groups excluding carboxylic acids is 2. The number of amides is 1. The van der Waals surface area contributed by atoms with Gasteiger partial charge in [0.05, 0.1) is 10.7 Å². The van der Waals surface area contributed by atoms with E-state index in [2.05, 4.69) is 10.1 Å². The molecule has 2 rings (SSSR count). The summed E-state index contributed by atoms with van der Waals surface area (Å²) in [6.07, 6.45) is 1.45. The van der Waals surface area contributed by atoms with Crippen LogP contribution < -0.4 is 10.1 Å². The lowest BCUT2D eigenvalue weighted by Gasteiger charge is -2.13. The Balaban J connectivity index is 1.88. The van der Waals surface area contributed by atoms with E-state index >= 15 is 0 Å². The van der Waals surface area contributed by atoms with Crippen LogP contribution in [0.4, 0.5) is 14.5 Å². The van der Waals surface area contributed by atoms with Crippen LogP contribution in [0.25, 0.3) is 6.08 Å². The molecule has 28 heavy (non-hydrogen) atoms. The van der Waals surface area contributed by atoms with Crippen LogP contribution >= 0.6 is 23.2 Å². The molecule has 0 aromatic heterocycles. The Labute approximate surface area is 169 Å². The van der Waals surface area contributed by atoms with Crippen molar-refractivity contribution in [1.82, 2.24) is 0 Å². The quantitative estimate of drug-likeness (QED) is 0.486. The van der Waals surface area contributed by atoms with Crippen LogP contribution in [0.2, 0.25) is 10.0 Å². The van der Waals surface area contributed by atoms with Crippen LogP contribution in [0, 0.1) is 0 Å². The van der Waals surface area contributed by atoms with Gasteiger partial charge in [-0.15, -0.1) is 0 Å². The van der Waals surface area contributed by atoms with Gasteiger partial charge in [0, 0.05) is 11.1 Å². The van der Waals surface area contributed by atoms with E-state index in [1.807, 2.05) is 0 Å². The van der Waals surface area contributed by atoms with E-state index in [0.29, 0.717) is 16.3 Å². The number of halogens is 4. The van der Waals surface area contributed by atoms with Crippen molar-refractivity contribution in [2.75, 3.05) is 5.32 Å². The van der Waals surface area contributed by atoms with Crippen molar-refractivity contribution in [3.05, 3.63) is 64.1 Å². The molecule has 1 atom stereocenters. The number of nitrogens with one attached hydrogen (secondary N) is 1. The van der Waals surface area contributed by atoms with Crippen LogP contribution in [-0.2, 0) is 14.3 Å². The van der Waals surface area contributed by atoms with Crippen LogP contribution in [-0.4, -0.2) is 24.6 Å². The lowest BCUT2D eigenvalue weighted by Crippen LogP contribution is -2.29. The molecule has 2 aromatic rings. The zero-order valence-electron chi connectivity index (χ0n) is 14.5. The number of ether oxygens (including phenoxy) is 2. The SMILES string of the molecule is CC(OC(=O)/C=C/c1ccc(OC(F)F)cc1)C(=O)Nc1ccc(Cl)cc1Cl. The van der Waals surface area contributed by atoms with Gasteiger partial charge < -0.3 is 14.8 Å². The maximum absolute atomic E-state index is 12.1. The summed E-state index contributed by atoms with van der Waals surface area (Å²) in [7, 11) is 0. The molecule has 1 amide bonds. The molecular weight excluding hydrogens is 415 g/mol. The van der Waals surface area contributed by atoms with Gasteiger partial charge in [-0.2, -0.15) is 8.78 Å². The highest BCUT2D eigenvalue weighted by molar-refractivity contribution is 6.36. The van der Waals surface area contributed by atoms with E-state index in [0.717, 1.165) is 6.08 Å². The fourth-order valence-electron chi connectivity index (χ4n) is 2.02. The van der Waals surface area contributed by atoms with Gasteiger partial charge in [0.25, 0.3) is 5.91 Å². The summed E-state index contributed by atoms with van der Waals surface area (Å²) < 4.78 is 33.4. The predicted molar refractivity (Wildman–Crippen MR) is 103 cm³/mol. The molecule has 0 aliphatic carbocycles. The van der Waals surface area contributed by atoms with Crippen molar-refractivity contribution in [2.24, 2.45) is 0 Å². The fourth-order valence-corrected chi connectivity index (χ4v) is 2.47. The van der Waals surface area contributed by atoms with Crippen LogP contribution in [0.15, 0.2) is 48.5 Å². The Bertz CT molecular complexity index is 873. The van der Waals surface area contributed by atoms with Gasteiger partial charge in [0.15, 0.2) is 6.10 Å². The summed E-state index contributed by atoms with van der Waals surface area (Å²) >= 11 is 11.8. The Hall–Kier alpha value is -2.64. The second kappa shape index (κ2) is 10.1. The first kappa shape index (κ1) is 21.7. The Morgan fingerprint density at radius 2 is 1.79 bits per heavy atom. The highest BCUT2D eigenvalue weighted by Gasteiger charge is 2.17. The summed E-state index contributed by atoms with van der Waals surface area (Å²) in [5.74, 6) is -1.32. The molecule has 0 bridgehead atoms. The van der Waals surface area contributed by atoms with E-state index in [1.54, 1.807) is 6.07 Å². The first-order valence-electron chi connectivity index (χ1n) is 7.94. The number of esters is 1. The third kappa shape index (κ3) is 6.83. The molecule has 2 aromatic carbocycles. The summed E-state index contributed by atoms with van der Waals surface area (Å²) in [5, 5.41) is 3.20. The number of hydrogen-bond acceptors (Lipinski definition) is 4. The summed E-state index contributed by atoms with van der Waals surface area (Å²) in [5.41, 5.74) is 0.893. The molecule has 1 N–H and O–H groups in total. The van der Waals surface area contributed by atoms with Crippen LogP contribution in [0.3, 0.4) is 0 Å². The Morgan fingerprint density at radius 3 is 2.39 bits per heavy atom. The zero-order chi connectivity index (χ0) is 20.7. The minimum atomic E-state index is -2.91. The van der Waals surface area contributed by atoms with Gasteiger partial charge in [-0.05, 0) is 48.9 Å². The molecule has 1 unspecified atom stereocenters. The molecule has 5 nitrogen and oxygen atoms in total. The van der Waals surface area contributed by atoms with Crippen molar-refractivity contribution in [2.45, 2.75) is 19.6 Å². The van der Waals surface area contributed by atoms with Gasteiger partial charge in [-0.3, -0.25) is 4.79 Å². The molecule has 0 radical (unpaired) electrons. The maximum atomic E-state index is 12.1. The van der Waals surface area contributed by atoms with Gasteiger partial charge in [-0.25, -0.2) is 4.79 Å². The molecule has 0 spiro atoms. The first-order valence-corrected chi connectivity index (χ1v) is 8.69. The maximum Gasteiger partial charge on any atom is 0.387 e. The summed E-state index contributed by atoms with van der Waals surface area (Å²) in [6.45, 7) is -1.51. The number of anilines is 1.